The van der Waals surface area contributed by atoms with Gasteiger partial charge in [-0.05, 0) is 60.2 Å². The number of hydrogen-bond donors (Lipinski definition) is 1. The number of rotatable bonds is 6. The summed E-state index contributed by atoms with van der Waals surface area (Å²) in [6, 6.07) is 14.0. The average Bonchev–Trinajstić information content (AvgIpc) is 2.74. The molecule has 0 bridgehead atoms. The highest BCUT2D eigenvalue weighted by atomic mass is 28.4. The van der Waals surface area contributed by atoms with Crippen molar-refractivity contribution in [3.05, 3.63) is 65.5 Å². The molecule has 1 saturated carbocycles. The normalized spacial score (nSPS) is 19.3. The Hall–Kier alpha value is -2.51. The molecule has 7 heteroatoms. The Morgan fingerprint density at radius 3 is 2.48 bits per heavy atom. The maximum absolute atomic E-state index is 15.0. The Labute approximate surface area is 196 Å². The van der Waals surface area contributed by atoms with E-state index in [1.807, 2.05) is 30.3 Å². The molecule has 0 heterocycles. The maximum atomic E-state index is 15.0. The van der Waals surface area contributed by atoms with Crippen LogP contribution in [0.3, 0.4) is 0 Å². The number of anilines is 1. The van der Waals surface area contributed by atoms with Gasteiger partial charge in [-0.15, -0.1) is 0 Å². The van der Waals surface area contributed by atoms with Gasteiger partial charge in [0.2, 0.25) is 0 Å². The van der Waals surface area contributed by atoms with E-state index in [1.165, 1.54) is 6.07 Å². The third-order valence-corrected chi connectivity index (χ3v) is 11.2. The molecule has 2 atom stereocenters. The maximum Gasteiger partial charge on any atom is 0.411 e. The second-order valence-corrected chi connectivity index (χ2v) is 15.0. The third kappa shape index (κ3) is 6.51. The Balaban J connectivity index is 1.62. The fourth-order valence-corrected chi connectivity index (χ4v) is 5.02. The average molecular weight is 472 g/mol. The number of amides is 1. The standard InChI is InChI=1S/C26H34FNO4Si/c1-26(2,3)33(4,5)32-24-15-19(11-14-23(24)29)21-13-12-20(16-22(21)27)28-25(30)31-17-18-9-7-6-8-10-18/h6-10,12-13,16,19,24H,11,14-15,17H2,1-5H3,(H,28,30). The molecule has 1 fully saturated rings. The first kappa shape index (κ1) is 25.1. The minimum atomic E-state index is -2.11. The first-order valence-electron chi connectivity index (χ1n) is 11.4. The first-order valence-corrected chi connectivity index (χ1v) is 14.3. The van der Waals surface area contributed by atoms with E-state index >= 15 is 0 Å². The van der Waals surface area contributed by atoms with Crippen LogP contribution in [-0.4, -0.2) is 26.3 Å². The zero-order chi connectivity index (χ0) is 24.2. The van der Waals surface area contributed by atoms with Crippen molar-refractivity contribution >= 4 is 25.9 Å². The second kappa shape index (κ2) is 10.2. The van der Waals surface area contributed by atoms with Crippen LogP contribution in [0.4, 0.5) is 14.9 Å². The van der Waals surface area contributed by atoms with Crippen molar-refractivity contribution in [2.45, 2.75) is 76.8 Å². The summed E-state index contributed by atoms with van der Waals surface area (Å²) in [4.78, 5) is 24.6. The van der Waals surface area contributed by atoms with E-state index in [0.29, 0.717) is 30.5 Å². The summed E-state index contributed by atoms with van der Waals surface area (Å²) in [6.07, 6.45) is 0.328. The van der Waals surface area contributed by atoms with Crippen LogP contribution >= 0.6 is 0 Å². The smallest absolute Gasteiger partial charge is 0.411 e. The quantitative estimate of drug-likeness (QED) is 0.471. The van der Waals surface area contributed by atoms with Gasteiger partial charge in [0.25, 0.3) is 0 Å². The molecule has 1 aliphatic rings. The number of halogens is 1. The number of carbonyl (C=O) groups excluding carboxylic acids is 2. The lowest BCUT2D eigenvalue weighted by Gasteiger charge is -2.41. The summed E-state index contributed by atoms with van der Waals surface area (Å²) in [6.45, 7) is 10.8. The molecule has 0 saturated heterocycles. The SMILES string of the molecule is CC(C)(C)[Si](C)(C)OC1CC(c2ccc(NC(=O)OCc3ccccc3)cc2F)CCC1=O. The fourth-order valence-electron chi connectivity index (χ4n) is 3.73. The highest BCUT2D eigenvalue weighted by Gasteiger charge is 2.42. The van der Waals surface area contributed by atoms with Crippen LogP contribution in [0.5, 0.6) is 0 Å². The minimum absolute atomic E-state index is 0.00604. The van der Waals surface area contributed by atoms with Gasteiger partial charge in [0.1, 0.15) is 18.5 Å². The minimum Gasteiger partial charge on any atom is -0.444 e. The zero-order valence-electron chi connectivity index (χ0n) is 20.1. The summed E-state index contributed by atoms with van der Waals surface area (Å²) >= 11 is 0. The highest BCUT2D eigenvalue weighted by molar-refractivity contribution is 6.74. The van der Waals surface area contributed by atoms with Crippen molar-refractivity contribution in [3.8, 4) is 0 Å². The summed E-state index contributed by atoms with van der Waals surface area (Å²) < 4.78 is 26.6. The lowest BCUT2D eigenvalue weighted by atomic mass is 9.81. The third-order valence-electron chi connectivity index (χ3n) is 6.74. The van der Waals surface area contributed by atoms with Crippen molar-refractivity contribution in [3.63, 3.8) is 0 Å². The molecule has 2 unspecified atom stereocenters. The molecule has 2 aromatic rings. The van der Waals surface area contributed by atoms with Gasteiger partial charge in [-0.1, -0.05) is 57.2 Å². The Morgan fingerprint density at radius 1 is 1.15 bits per heavy atom. The zero-order valence-corrected chi connectivity index (χ0v) is 21.1. The van der Waals surface area contributed by atoms with E-state index in [1.54, 1.807) is 12.1 Å². The molecule has 5 nitrogen and oxygen atoms in total. The van der Waals surface area contributed by atoms with Crippen molar-refractivity contribution in [1.29, 1.82) is 0 Å². The number of benzene rings is 2. The van der Waals surface area contributed by atoms with Crippen molar-refractivity contribution in [2.24, 2.45) is 0 Å². The molecule has 33 heavy (non-hydrogen) atoms. The van der Waals surface area contributed by atoms with Gasteiger partial charge in [0.05, 0.1) is 0 Å². The van der Waals surface area contributed by atoms with Crippen LogP contribution in [0, 0.1) is 5.82 Å². The van der Waals surface area contributed by atoms with E-state index in [4.69, 9.17) is 9.16 Å². The van der Waals surface area contributed by atoms with Gasteiger partial charge < -0.3 is 9.16 Å². The van der Waals surface area contributed by atoms with Crippen LogP contribution in [0.25, 0.3) is 0 Å². The van der Waals surface area contributed by atoms with E-state index < -0.39 is 26.3 Å². The molecular weight excluding hydrogens is 437 g/mol. The lowest BCUT2D eigenvalue weighted by molar-refractivity contribution is -0.128. The summed E-state index contributed by atoms with van der Waals surface area (Å²) in [5.41, 5.74) is 1.75. The summed E-state index contributed by atoms with van der Waals surface area (Å²) in [7, 11) is -2.11. The molecule has 1 N–H and O–H groups in total. The molecule has 1 amide bonds. The van der Waals surface area contributed by atoms with Gasteiger partial charge in [-0.25, -0.2) is 9.18 Å². The molecule has 0 radical (unpaired) electrons. The van der Waals surface area contributed by atoms with Crippen molar-refractivity contribution in [2.75, 3.05) is 5.32 Å². The molecule has 0 aromatic heterocycles. The van der Waals surface area contributed by atoms with Gasteiger partial charge >= 0.3 is 6.09 Å². The molecule has 2 aromatic carbocycles. The molecule has 3 rings (SSSR count). The van der Waals surface area contributed by atoms with E-state index in [0.717, 1.165) is 5.56 Å². The van der Waals surface area contributed by atoms with E-state index in [9.17, 15) is 14.0 Å². The number of ether oxygens (including phenoxy) is 1. The largest absolute Gasteiger partial charge is 0.444 e. The second-order valence-electron chi connectivity index (χ2n) is 10.2. The number of hydrogen-bond acceptors (Lipinski definition) is 4. The van der Waals surface area contributed by atoms with Crippen LogP contribution < -0.4 is 5.32 Å². The number of carbonyl (C=O) groups is 2. The Bertz CT molecular complexity index is 988. The topological polar surface area (TPSA) is 64.6 Å². The predicted molar refractivity (Wildman–Crippen MR) is 130 cm³/mol. The van der Waals surface area contributed by atoms with Crippen molar-refractivity contribution in [1.82, 2.24) is 0 Å². The summed E-state index contributed by atoms with van der Waals surface area (Å²) in [5, 5.41) is 2.57. The van der Waals surface area contributed by atoms with E-state index in [2.05, 4.69) is 39.2 Å². The molecular formula is C26H34FNO4Si. The molecule has 1 aliphatic carbocycles. The van der Waals surface area contributed by atoms with Gasteiger partial charge in [-0.2, -0.15) is 0 Å². The van der Waals surface area contributed by atoms with Crippen LogP contribution in [-0.2, 0) is 20.6 Å². The number of Topliss-reactive ketones (excluding diaryl/α,β-unsaturated/α-hetero) is 1. The Morgan fingerprint density at radius 2 is 1.85 bits per heavy atom. The fraction of sp³-hybridized carbons (Fsp3) is 0.462. The molecule has 0 spiro atoms. The molecule has 0 aliphatic heterocycles. The summed E-state index contributed by atoms with van der Waals surface area (Å²) in [5.74, 6) is -0.395. The predicted octanol–water partition coefficient (Wildman–Crippen LogP) is 6.80. The van der Waals surface area contributed by atoms with Gasteiger partial charge in [-0.3, -0.25) is 10.1 Å². The first-order chi connectivity index (χ1) is 15.5. The van der Waals surface area contributed by atoms with Crippen LogP contribution in [0.1, 0.15) is 57.1 Å². The molecule has 178 valence electrons. The number of nitrogens with one attached hydrogen (secondary N) is 1. The van der Waals surface area contributed by atoms with Crippen LogP contribution in [0.15, 0.2) is 48.5 Å². The number of ketones is 1. The van der Waals surface area contributed by atoms with Gasteiger partial charge in [0.15, 0.2) is 14.1 Å². The monoisotopic (exact) mass is 471 g/mol. The van der Waals surface area contributed by atoms with Gasteiger partial charge in [0, 0.05) is 12.1 Å². The van der Waals surface area contributed by atoms with Crippen LogP contribution in [0.2, 0.25) is 18.1 Å². The highest BCUT2D eigenvalue weighted by Crippen LogP contribution is 2.41. The Kier molecular flexibility index (Phi) is 7.75. The van der Waals surface area contributed by atoms with E-state index in [-0.39, 0.29) is 23.3 Å². The van der Waals surface area contributed by atoms with Crippen molar-refractivity contribution < 1.29 is 23.1 Å². The lowest BCUT2D eigenvalue weighted by Crippen LogP contribution is -2.47.